The largest absolute Gasteiger partial charge is 0.381 e. The van der Waals surface area contributed by atoms with Crippen molar-refractivity contribution in [1.29, 1.82) is 0 Å². The number of rotatable bonds is 8. The second kappa shape index (κ2) is 13.6. The van der Waals surface area contributed by atoms with Crippen LogP contribution in [0.5, 0.6) is 0 Å². The van der Waals surface area contributed by atoms with Crippen molar-refractivity contribution in [1.82, 2.24) is 10.2 Å². The molecule has 30 heavy (non-hydrogen) atoms. The molecular formula is C24H34IN3O2. The zero-order valence-electron chi connectivity index (χ0n) is 18.0. The Kier molecular flexibility index (Phi) is 11.2. The Bertz CT molecular complexity index is 764. The Balaban J connectivity index is 0.00000320. The third kappa shape index (κ3) is 8.24. The Labute approximate surface area is 197 Å². The van der Waals surface area contributed by atoms with Gasteiger partial charge in [0.1, 0.15) is 0 Å². The maximum absolute atomic E-state index is 6.06. The van der Waals surface area contributed by atoms with Crippen LogP contribution in [-0.2, 0) is 29.2 Å². The first-order chi connectivity index (χ1) is 14.2. The zero-order chi connectivity index (χ0) is 20.3. The summed E-state index contributed by atoms with van der Waals surface area (Å²) in [7, 11) is 2.08. The fourth-order valence-corrected chi connectivity index (χ4v) is 3.44. The van der Waals surface area contributed by atoms with E-state index in [0.29, 0.717) is 19.3 Å². The first-order valence-corrected chi connectivity index (χ1v) is 10.5. The molecule has 1 heterocycles. The summed E-state index contributed by atoms with van der Waals surface area (Å²) >= 11 is 0. The highest BCUT2D eigenvalue weighted by atomic mass is 127. The number of nitrogens with zero attached hydrogens (tertiary/aromatic N) is 2. The summed E-state index contributed by atoms with van der Waals surface area (Å²) in [4.78, 5) is 7.01. The lowest BCUT2D eigenvalue weighted by Crippen LogP contribution is -2.38. The maximum Gasteiger partial charge on any atom is 0.194 e. The van der Waals surface area contributed by atoms with Gasteiger partial charge >= 0.3 is 0 Å². The van der Waals surface area contributed by atoms with Crippen LogP contribution in [0.3, 0.4) is 0 Å². The Morgan fingerprint density at radius 1 is 1.07 bits per heavy atom. The molecule has 0 unspecified atom stereocenters. The van der Waals surface area contributed by atoms with Gasteiger partial charge in [-0.05, 0) is 36.5 Å². The number of ether oxygens (including phenoxy) is 2. The summed E-state index contributed by atoms with van der Waals surface area (Å²) in [5, 5.41) is 3.40. The van der Waals surface area contributed by atoms with Gasteiger partial charge in [-0.1, -0.05) is 54.6 Å². The molecule has 6 heteroatoms. The number of halogens is 1. The molecule has 1 aliphatic heterocycles. The fourth-order valence-electron chi connectivity index (χ4n) is 3.44. The number of nitrogens with one attached hydrogen (secondary N) is 1. The van der Waals surface area contributed by atoms with Gasteiger partial charge < -0.3 is 19.7 Å². The van der Waals surface area contributed by atoms with Gasteiger partial charge in [0.25, 0.3) is 0 Å². The second-order valence-electron chi connectivity index (χ2n) is 7.45. The maximum atomic E-state index is 6.06. The van der Waals surface area contributed by atoms with Crippen molar-refractivity contribution >= 4 is 29.9 Å². The first-order valence-electron chi connectivity index (χ1n) is 10.5. The van der Waals surface area contributed by atoms with Crippen molar-refractivity contribution in [2.24, 2.45) is 4.99 Å². The van der Waals surface area contributed by atoms with Crippen LogP contribution in [0.4, 0.5) is 0 Å². The van der Waals surface area contributed by atoms with Gasteiger partial charge in [-0.3, -0.25) is 0 Å². The summed E-state index contributed by atoms with van der Waals surface area (Å²) in [6.07, 6.45) is 2.30. The van der Waals surface area contributed by atoms with Gasteiger partial charge in [0, 0.05) is 33.4 Å². The van der Waals surface area contributed by atoms with Gasteiger partial charge in [-0.2, -0.15) is 0 Å². The lowest BCUT2D eigenvalue weighted by Gasteiger charge is -2.22. The average Bonchev–Trinajstić information content (AvgIpc) is 2.77. The van der Waals surface area contributed by atoms with Crippen molar-refractivity contribution < 1.29 is 9.47 Å². The van der Waals surface area contributed by atoms with Crippen molar-refractivity contribution in [2.45, 2.75) is 45.6 Å². The van der Waals surface area contributed by atoms with Crippen molar-refractivity contribution in [3.05, 3.63) is 71.3 Å². The number of benzene rings is 2. The van der Waals surface area contributed by atoms with Gasteiger partial charge in [0.05, 0.1) is 19.3 Å². The Morgan fingerprint density at radius 3 is 2.50 bits per heavy atom. The molecule has 2 aromatic carbocycles. The molecule has 0 radical (unpaired) electrons. The Morgan fingerprint density at radius 2 is 1.77 bits per heavy atom. The van der Waals surface area contributed by atoms with Crippen LogP contribution in [-0.4, -0.2) is 43.8 Å². The molecule has 1 fully saturated rings. The third-order valence-corrected chi connectivity index (χ3v) is 5.02. The standard InChI is InChI=1S/C24H33N3O2.HI/c1-3-25-24(27(2)18-20-8-5-4-6-9-20)26-17-21-10-7-11-22(16-21)19-29-23-12-14-28-15-13-23;/h4-11,16,23H,3,12-15,17-19H2,1-2H3,(H,25,26);1H. The smallest absolute Gasteiger partial charge is 0.194 e. The van der Waals surface area contributed by atoms with E-state index in [9.17, 15) is 0 Å². The minimum atomic E-state index is 0. The second-order valence-corrected chi connectivity index (χ2v) is 7.45. The van der Waals surface area contributed by atoms with E-state index < -0.39 is 0 Å². The lowest BCUT2D eigenvalue weighted by atomic mass is 10.1. The van der Waals surface area contributed by atoms with E-state index in [1.165, 1.54) is 16.7 Å². The number of hydrogen-bond acceptors (Lipinski definition) is 3. The van der Waals surface area contributed by atoms with E-state index in [-0.39, 0.29) is 24.0 Å². The van der Waals surface area contributed by atoms with Crippen LogP contribution >= 0.6 is 24.0 Å². The predicted molar refractivity (Wildman–Crippen MR) is 133 cm³/mol. The fraction of sp³-hybridized carbons (Fsp3) is 0.458. The molecule has 5 nitrogen and oxygen atoms in total. The van der Waals surface area contributed by atoms with Gasteiger partial charge in [0.2, 0.25) is 0 Å². The lowest BCUT2D eigenvalue weighted by molar-refractivity contribution is -0.0390. The van der Waals surface area contributed by atoms with Crippen molar-refractivity contribution in [3.8, 4) is 0 Å². The third-order valence-electron chi connectivity index (χ3n) is 5.02. The van der Waals surface area contributed by atoms with Crippen LogP contribution in [0.2, 0.25) is 0 Å². The number of guanidine groups is 1. The highest BCUT2D eigenvalue weighted by Crippen LogP contribution is 2.15. The van der Waals surface area contributed by atoms with Crippen molar-refractivity contribution in [2.75, 3.05) is 26.8 Å². The number of aliphatic imine (C=N–C) groups is 1. The molecule has 0 saturated carbocycles. The molecule has 0 aliphatic carbocycles. The summed E-state index contributed by atoms with van der Waals surface area (Å²) in [6.45, 7) is 6.68. The van der Waals surface area contributed by atoms with Gasteiger partial charge in [0.15, 0.2) is 5.96 Å². The number of hydrogen-bond donors (Lipinski definition) is 1. The predicted octanol–water partition coefficient (Wildman–Crippen LogP) is 4.60. The molecule has 0 spiro atoms. The summed E-state index contributed by atoms with van der Waals surface area (Å²) in [5.41, 5.74) is 3.67. The highest BCUT2D eigenvalue weighted by Gasteiger charge is 2.14. The van der Waals surface area contributed by atoms with Gasteiger partial charge in [-0.15, -0.1) is 24.0 Å². The molecule has 0 atom stereocenters. The van der Waals surface area contributed by atoms with Crippen LogP contribution in [0.25, 0.3) is 0 Å². The molecule has 0 bridgehead atoms. The van der Waals surface area contributed by atoms with E-state index in [4.69, 9.17) is 14.5 Å². The average molecular weight is 523 g/mol. The van der Waals surface area contributed by atoms with Crippen LogP contribution in [0.15, 0.2) is 59.6 Å². The normalized spacial score (nSPS) is 14.8. The minimum Gasteiger partial charge on any atom is -0.381 e. The molecule has 2 aromatic rings. The van der Waals surface area contributed by atoms with E-state index in [2.05, 4.69) is 72.7 Å². The molecule has 0 aromatic heterocycles. The van der Waals surface area contributed by atoms with Crippen molar-refractivity contribution in [3.63, 3.8) is 0 Å². The van der Waals surface area contributed by atoms with Gasteiger partial charge in [-0.25, -0.2) is 4.99 Å². The van der Waals surface area contributed by atoms with E-state index in [1.807, 2.05) is 6.07 Å². The SMILES string of the molecule is CCNC(=NCc1cccc(COC2CCOCC2)c1)N(C)Cc1ccccc1.I. The van der Waals surface area contributed by atoms with Crippen LogP contribution < -0.4 is 5.32 Å². The molecule has 164 valence electrons. The quantitative estimate of drug-likeness (QED) is 0.312. The highest BCUT2D eigenvalue weighted by molar-refractivity contribution is 14.0. The van der Waals surface area contributed by atoms with Crippen LogP contribution in [0, 0.1) is 0 Å². The summed E-state index contributed by atoms with van der Waals surface area (Å²) < 4.78 is 11.5. The first kappa shape index (κ1) is 24.6. The monoisotopic (exact) mass is 523 g/mol. The minimum absolute atomic E-state index is 0. The molecule has 1 N–H and O–H groups in total. The van der Waals surface area contributed by atoms with Crippen LogP contribution in [0.1, 0.15) is 36.5 Å². The summed E-state index contributed by atoms with van der Waals surface area (Å²) in [5.74, 6) is 0.917. The Hall–Kier alpha value is -1.64. The summed E-state index contributed by atoms with van der Waals surface area (Å²) in [6, 6.07) is 19.0. The molecular weight excluding hydrogens is 489 g/mol. The molecule has 0 amide bonds. The van der Waals surface area contributed by atoms with E-state index in [1.54, 1.807) is 0 Å². The van der Waals surface area contributed by atoms with E-state index >= 15 is 0 Å². The molecule has 1 aliphatic rings. The zero-order valence-corrected chi connectivity index (χ0v) is 20.4. The van der Waals surface area contributed by atoms with E-state index in [0.717, 1.165) is 45.1 Å². The molecule has 3 rings (SSSR count). The topological polar surface area (TPSA) is 46.1 Å². The molecule has 1 saturated heterocycles.